The molecule has 2 rings (SSSR count). The van der Waals surface area contributed by atoms with Gasteiger partial charge in [0.1, 0.15) is 11.4 Å². The molecule has 2 N–H and O–H groups in total. The maximum absolute atomic E-state index is 11.7. The van der Waals surface area contributed by atoms with E-state index in [1.165, 1.54) is 19.3 Å². The molecule has 0 aliphatic carbocycles. The molecule has 1 fully saturated rings. The lowest BCUT2D eigenvalue weighted by molar-refractivity contribution is -0.133. The summed E-state index contributed by atoms with van der Waals surface area (Å²) in [5.74, 6) is 0.861. The van der Waals surface area contributed by atoms with E-state index in [4.69, 9.17) is 9.47 Å². The molecular formula is C19H30N2O5S. The lowest BCUT2D eigenvalue weighted by Crippen LogP contribution is -2.27. The lowest BCUT2D eigenvalue weighted by atomic mass is 9.93. The van der Waals surface area contributed by atoms with Crippen molar-refractivity contribution in [3.05, 3.63) is 18.2 Å². The first-order valence-corrected chi connectivity index (χ1v) is 11.4. The molecule has 27 heavy (non-hydrogen) atoms. The van der Waals surface area contributed by atoms with Crippen LogP contribution in [0.5, 0.6) is 11.5 Å². The molecule has 0 unspecified atom stereocenters. The largest absolute Gasteiger partial charge is 0.491 e. The van der Waals surface area contributed by atoms with Gasteiger partial charge in [0.15, 0.2) is 5.75 Å². The Kier molecular flexibility index (Phi) is 8.37. The van der Waals surface area contributed by atoms with Crippen LogP contribution >= 0.6 is 0 Å². The number of sulfonamides is 1. The molecule has 0 radical (unpaired) electrons. The Morgan fingerprint density at radius 2 is 1.93 bits per heavy atom. The van der Waals surface area contributed by atoms with E-state index < -0.39 is 16.0 Å². The van der Waals surface area contributed by atoms with E-state index in [9.17, 15) is 13.2 Å². The zero-order valence-electron chi connectivity index (χ0n) is 16.1. The molecule has 152 valence electrons. The number of piperidine rings is 1. The number of hydrogen-bond acceptors (Lipinski definition) is 6. The van der Waals surface area contributed by atoms with Gasteiger partial charge in [-0.25, -0.2) is 8.42 Å². The first-order chi connectivity index (χ1) is 12.9. The first kappa shape index (κ1) is 21.5. The van der Waals surface area contributed by atoms with E-state index in [0.717, 1.165) is 38.1 Å². The van der Waals surface area contributed by atoms with Crippen LogP contribution in [0.4, 0.5) is 5.69 Å². The summed E-state index contributed by atoms with van der Waals surface area (Å²) in [6.45, 7) is 4.36. The van der Waals surface area contributed by atoms with Crippen molar-refractivity contribution in [2.75, 3.05) is 30.7 Å². The molecule has 1 saturated heterocycles. The normalized spacial score (nSPS) is 15.3. The second kappa shape index (κ2) is 10.5. The molecule has 1 heterocycles. The van der Waals surface area contributed by atoms with Gasteiger partial charge in [0.25, 0.3) is 0 Å². The number of unbranched alkanes of at least 4 members (excludes halogenated alkanes) is 1. The number of hydrogen-bond donors (Lipinski definition) is 2. The second-order valence-corrected chi connectivity index (χ2v) is 8.62. The summed E-state index contributed by atoms with van der Waals surface area (Å²) in [7, 11) is -3.54. The minimum absolute atomic E-state index is 0.152. The number of carbonyl (C=O) groups excluding carboxylic acids is 1. The van der Waals surface area contributed by atoms with Crippen molar-refractivity contribution in [1.82, 2.24) is 5.32 Å². The first-order valence-electron chi connectivity index (χ1n) is 9.54. The fourth-order valence-corrected chi connectivity index (χ4v) is 3.66. The highest BCUT2D eigenvalue weighted by atomic mass is 32.2. The zero-order chi connectivity index (χ0) is 19.7. The van der Waals surface area contributed by atoms with Crippen LogP contribution in [0.3, 0.4) is 0 Å². The Hall–Kier alpha value is -1.80. The van der Waals surface area contributed by atoms with Crippen LogP contribution in [0.2, 0.25) is 0 Å². The van der Waals surface area contributed by atoms with E-state index >= 15 is 0 Å². The highest BCUT2D eigenvalue weighted by Gasteiger charge is 2.17. The third kappa shape index (κ3) is 7.76. The SMILES string of the molecule is CCC(=O)Oc1cccc(OCCCCC2CCNCC2)c1NS(C)(=O)=O. The van der Waals surface area contributed by atoms with Crippen molar-refractivity contribution in [1.29, 1.82) is 0 Å². The Balaban J connectivity index is 1.95. The highest BCUT2D eigenvalue weighted by molar-refractivity contribution is 7.92. The Morgan fingerprint density at radius 1 is 1.22 bits per heavy atom. The molecule has 0 bridgehead atoms. The number of benzene rings is 1. The molecule has 7 nitrogen and oxygen atoms in total. The van der Waals surface area contributed by atoms with Gasteiger partial charge in [-0.15, -0.1) is 0 Å². The fourth-order valence-electron chi connectivity index (χ4n) is 3.08. The maximum Gasteiger partial charge on any atom is 0.310 e. The summed E-state index contributed by atoms with van der Waals surface area (Å²) < 4.78 is 36.8. The minimum atomic E-state index is -3.54. The molecule has 0 aromatic heterocycles. The highest BCUT2D eigenvalue weighted by Crippen LogP contribution is 2.35. The zero-order valence-corrected chi connectivity index (χ0v) is 16.9. The van der Waals surface area contributed by atoms with E-state index in [1.54, 1.807) is 25.1 Å². The summed E-state index contributed by atoms with van der Waals surface area (Å²) in [6.07, 6.45) is 6.86. The number of anilines is 1. The smallest absolute Gasteiger partial charge is 0.310 e. The summed E-state index contributed by atoms with van der Waals surface area (Å²) in [5.41, 5.74) is 0.167. The maximum atomic E-state index is 11.7. The minimum Gasteiger partial charge on any atom is -0.491 e. The van der Waals surface area contributed by atoms with Gasteiger partial charge in [-0.05, 0) is 56.8 Å². The molecular weight excluding hydrogens is 368 g/mol. The number of carbonyl (C=O) groups is 1. The van der Waals surface area contributed by atoms with Crippen molar-refractivity contribution in [3.63, 3.8) is 0 Å². The van der Waals surface area contributed by atoms with E-state index in [1.807, 2.05) is 0 Å². The van der Waals surface area contributed by atoms with Crippen LogP contribution < -0.4 is 19.5 Å². The third-order valence-corrected chi connectivity index (χ3v) is 5.09. The lowest BCUT2D eigenvalue weighted by Gasteiger charge is -2.22. The van der Waals surface area contributed by atoms with Gasteiger partial charge >= 0.3 is 5.97 Å². The quantitative estimate of drug-likeness (QED) is 0.358. The third-order valence-electron chi connectivity index (χ3n) is 4.51. The molecule has 8 heteroatoms. The van der Waals surface area contributed by atoms with Crippen molar-refractivity contribution >= 4 is 21.7 Å². The van der Waals surface area contributed by atoms with Gasteiger partial charge in [0.05, 0.1) is 12.9 Å². The predicted molar refractivity (Wildman–Crippen MR) is 106 cm³/mol. The monoisotopic (exact) mass is 398 g/mol. The molecule has 0 saturated carbocycles. The molecule has 1 aromatic carbocycles. The molecule has 1 aliphatic heterocycles. The van der Waals surface area contributed by atoms with Gasteiger partial charge < -0.3 is 14.8 Å². The van der Waals surface area contributed by atoms with Gasteiger partial charge in [-0.1, -0.05) is 19.4 Å². The molecule has 0 amide bonds. The summed E-state index contributed by atoms with van der Waals surface area (Å²) in [4.78, 5) is 11.6. The number of ether oxygens (including phenoxy) is 2. The summed E-state index contributed by atoms with van der Waals surface area (Å²) in [5, 5.41) is 3.37. The number of nitrogens with one attached hydrogen (secondary N) is 2. The van der Waals surface area contributed by atoms with Crippen LogP contribution in [0.15, 0.2) is 18.2 Å². The van der Waals surface area contributed by atoms with Crippen molar-refractivity contribution in [2.45, 2.75) is 45.4 Å². The standard InChI is InChI=1S/C19H30N2O5S/c1-3-18(22)26-17-9-6-8-16(19(17)21-27(2,23)24)25-14-5-4-7-15-10-12-20-13-11-15/h6,8-9,15,20-21H,3-5,7,10-14H2,1-2H3. The topological polar surface area (TPSA) is 93.7 Å². The Bertz CT molecular complexity index is 715. The van der Waals surface area contributed by atoms with Gasteiger partial charge in [0, 0.05) is 6.42 Å². The second-order valence-electron chi connectivity index (χ2n) is 6.87. The fraction of sp³-hybridized carbons (Fsp3) is 0.632. The van der Waals surface area contributed by atoms with Crippen LogP contribution in [-0.2, 0) is 14.8 Å². The Labute approximate surface area is 161 Å². The van der Waals surface area contributed by atoms with Gasteiger partial charge in [-0.3, -0.25) is 9.52 Å². The predicted octanol–water partition coefficient (Wildman–Crippen LogP) is 2.92. The summed E-state index contributed by atoms with van der Waals surface area (Å²) in [6, 6.07) is 4.89. The van der Waals surface area contributed by atoms with Crippen LogP contribution in [0.1, 0.15) is 45.4 Å². The van der Waals surface area contributed by atoms with E-state index in [0.29, 0.717) is 12.4 Å². The van der Waals surface area contributed by atoms with Crippen LogP contribution in [0, 0.1) is 5.92 Å². The molecule has 1 aromatic rings. The Morgan fingerprint density at radius 3 is 2.59 bits per heavy atom. The average molecular weight is 399 g/mol. The number of esters is 1. The molecule has 0 atom stereocenters. The van der Waals surface area contributed by atoms with Crippen molar-refractivity contribution in [3.8, 4) is 11.5 Å². The van der Waals surface area contributed by atoms with Crippen molar-refractivity contribution < 1.29 is 22.7 Å². The average Bonchev–Trinajstić information content (AvgIpc) is 2.63. The van der Waals surface area contributed by atoms with Crippen LogP contribution in [0.25, 0.3) is 0 Å². The summed E-state index contributed by atoms with van der Waals surface area (Å²) >= 11 is 0. The van der Waals surface area contributed by atoms with Gasteiger partial charge in [0.2, 0.25) is 10.0 Å². The van der Waals surface area contributed by atoms with Gasteiger partial charge in [-0.2, -0.15) is 0 Å². The molecule has 1 aliphatic rings. The number of rotatable bonds is 10. The van der Waals surface area contributed by atoms with E-state index in [-0.39, 0.29) is 17.9 Å². The van der Waals surface area contributed by atoms with E-state index in [2.05, 4.69) is 10.0 Å². The number of para-hydroxylation sites is 1. The molecule has 0 spiro atoms. The van der Waals surface area contributed by atoms with Crippen molar-refractivity contribution in [2.24, 2.45) is 5.92 Å². The van der Waals surface area contributed by atoms with Crippen LogP contribution in [-0.4, -0.2) is 40.3 Å².